The molecule has 0 spiro atoms. The maximum atomic E-state index is 12.6. The summed E-state index contributed by atoms with van der Waals surface area (Å²) >= 11 is 1.56. The molecule has 128 valence electrons. The first-order valence-electron chi connectivity index (χ1n) is 7.79. The van der Waals surface area contributed by atoms with Crippen LogP contribution < -0.4 is 16.4 Å². The third kappa shape index (κ3) is 4.33. The molecule has 0 radical (unpaired) electrons. The number of benzene rings is 2. The van der Waals surface area contributed by atoms with Crippen LogP contribution in [-0.4, -0.2) is 23.0 Å². The summed E-state index contributed by atoms with van der Waals surface area (Å²) in [6.07, 6.45) is 0.359. The monoisotopic (exact) mass is 354 g/mol. The summed E-state index contributed by atoms with van der Waals surface area (Å²) in [4.78, 5) is 28.3. The van der Waals surface area contributed by atoms with Gasteiger partial charge in [0.1, 0.15) is 6.04 Å². The molecule has 6 nitrogen and oxygen atoms in total. The number of hydrogen-bond acceptors (Lipinski definition) is 4. The van der Waals surface area contributed by atoms with Gasteiger partial charge in [0.15, 0.2) is 0 Å². The highest BCUT2D eigenvalue weighted by atomic mass is 32.1. The zero-order chi connectivity index (χ0) is 17.8. The minimum absolute atomic E-state index is 0.316. The van der Waals surface area contributed by atoms with Crippen molar-refractivity contribution < 1.29 is 9.59 Å². The van der Waals surface area contributed by atoms with Crippen molar-refractivity contribution in [3.05, 3.63) is 59.1 Å². The Hall–Kier alpha value is -2.93. The fourth-order valence-corrected chi connectivity index (χ4v) is 3.44. The fourth-order valence-electron chi connectivity index (χ4n) is 2.58. The Morgan fingerprint density at radius 1 is 1.20 bits per heavy atom. The Morgan fingerprint density at radius 2 is 1.96 bits per heavy atom. The largest absolute Gasteiger partial charge is 0.352 e. The SMILES string of the molecule is Cc1nc2ccc(NC(=O)[C@H](Cc3ccccc3)NC(N)=O)cc2s1. The first kappa shape index (κ1) is 16.9. The highest BCUT2D eigenvalue weighted by molar-refractivity contribution is 7.18. The fraction of sp³-hybridized carbons (Fsp3) is 0.167. The Bertz CT molecular complexity index is 908. The van der Waals surface area contributed by atoms with Crippen LogP contribution in [0.15, 0.2) is 48.5 Å². The molecule has 2 aromatic carbocycles. The van der Waals surface area contributed by atoms with Crippen LogP contribution in [0.4, 0.5) is 10.5 Å². The molecule has 1 heterocycles. The van der Waals surface area contributed by atoms with Gasteiger partial charge < -0.3 is 16.4 Å². The maximum Gasteiger partial charge on any atom is 0.312 e. The highest BCUT2D eigenvalue weighted by Crippen LogP contribution is 2.24. The number of nitrogens with two attached hydrogens (primary N) is 1. The van der Waals surface area contributed by atoms with Crippen LogP contribution in [0.1, 0.15) is 10.6 Å². The molecule has 0 bridgehead atoms. The smallest absolute Gasteiger partial charge is 0.312 e. The number of nitrogens with one attached hydrogen (secondary N) is 2. The highest BCUT2D eigenvalue weighted by Gasteiger charge is 2.20. The topological polar surface area (TPSA) is 97.1 Å². The minimum Gasteiger partial charge on any atom is -0.352 e. The van der Waals surface area contributed by atoms with Crippen molar-refractivity contribution in [3.8, 4) is 0 Å². The lowest BCUT2D eigenvalue weighted by Gasteiger charge is -2.17. The van der Waals surface area contributed by atoms with Crippen LogP contribution >= 0.6 is 11.3 Å². The lowest BCUT2D eigenvalue weighted by atomic mass is 10.1. The molecular weight excluding hydrogens is 336 g/mol. The van der Waals surface area contributed by atoms with Gasteiger partial charge in [0.05, 0.1) is 15.2 Å². The predicted octanol–water partition coefficient (Wildman–Crippen LogP) is 2.82. The predicted molar refractivity (Wildman–Crippen MR) is 99.6 cm³/mol. The zero-order valence-corrected chi connectivity index (χ0v) is 14.5. The molecule has 1 atom stereocenters. The van der Waals surface area contributed by atoms with Gasteiger partial charge in [-0.25, -0.2) is 9.78 Å². The molecule has 3 amide bonds. The van der Waals surface area contributed by atoms with E-state index in [4.69, 9.17) is 5.73 Å². The quantitative estimate of drug-likeness (QED) is 0.657. The summed E-state index contributed by atoms with van der Waals surface area (Å²) in [5.74, 6) is -0.316. The van der Waals surface area contributed by atoms with E-state index in [0.29, 0.717) is 12.1 Å². The number of fused-ring (bicyclic) bond motifs is 1. The van der Waals surface area contributed by atoms with Crippen molar-refractivity contribution in [2.45, 2.75) is 19.4 Å². The molecule has 1 aromatic heterocycles. The first-order chi connectivity index (χ1) is 12.0. The molecule has 0 saturated carbocycles. The van der Waals surface area contributed by atoms with Crippen molar-refractivity contribution in [3.63, 3.8) is 0 Å². The van der Waals surface area contributed by atoms with Gasteiger partial charge in [-0.3, -0.25) is 4.79 Å². The van der Waals surface area contributed by atoms with E-state index >= 15 is 0 Å². The van der Waals surface area contributed by atoms with Crippen molar-refractivity contribution in [2.24, 2.45) is 5.73 Å². The van der Waals surface area contributed by atoms with Gasteiger partial charge in [0.25, 0.3) is 0 Å². The maximum absolute atomic E-state index is 12.6. The number of anilines is 1. The van der Waals surface area contributed by atoms with E-state index < -0.39 is 12.1 Å². The van der Waals surface area contributed by atoms with E-state index in [1.54, 1.807) is 17.4 Å². The van der Waals surface area contributed by atoms with Crippen LogP contribution in [0.3, 0.4) is 0 Å². The van der Waals surface area contributed by atoms with E-state index in [-0.39, 0.29) is 5.91 Å². The number of aromatic nitrogens is 1. The van der Waals surface area contributed by atoms with Gasteiger partial charge in [0, 0.05) is 12.1 Å². The lowest BCUT2D eigenvalue weighted by Crippen LogP contribution is -2.47. The number of amides is 3. The number of carbonyl (C=O) groups excluding carboxylic acids is 2. The van der Waals surface area contributed by atoms with E-state index in [1.165, 1.54) is 0 Å². The molecule has 0 fully saturated rings. The second-order valence-corrected chi connectivity index (χ2v) is 6.89. The van der Waals surface area contributed by atoms with Gasteiger partial charge in [-0.15, -0.1) is 11.3 Å². The van der Waals surface area contributed by atoms with Crippen molar-refractivity contribution >= 4 is 39.2 Å². The minimum atomic E-state index is -0.751. The Balaban J connectivity index is 1.77. The van der Waals surface area contributed by atoms with Crippen LogP contribution in [0.5, 0.6) is 0 Å². The summed E-state index contributed by atoms with van der Waals surface area (Å²) in [5, 5.41) is 6.31. The zero-order valence-electron chi connectivity index (χ0n) is 13.7. The summed E-state index contributed by atoms with van der Waals surface area (Å²) in [7, 11) is 0. The summed E-state index contributed by atoms with van der Waals surface area (Å²) in [6, 6.07) is 13.5. The number of rotatable bonds is 5. The number of nitrogens with zero attached hydrogens (tertiary/aromatic N) is 1. The second-order valence-electron chi connectivity index (χ2n) is 5.66. The number of hydrogen-bond donors (Lipinski definition) is 3. The number of aryl methyl sites for hydroxylation is 1. The van der Waals surface area contributed by atoms with Crippen LogP contribution in [0.25, 0.3) is 10.2 Å². The normalized spacial score (nSPS) is 11.9. The molecule has 0 aliphatic heterocycles. The van der Waals surface area contributed by atoms with E-state index in [1.807, 2.05) is 49.4 Å². The molecule has 0 aliphatic carbocycles. The molecule has 0 saturated heterocycles. The molecule has 3 rings (SSSR count). The summed E-state index contributed by atoms with van der Waals surface area (Å²) in [5.41, 5.74) is 7.71. The Morgan fingerprint density at radius 3 is 2.68 bits per heavy atom. The summed E-state index contributed by atoms with van der Waals surface area (Å²) in [6.45, 7) is 1.94. The van der Waals surface area contributed by atoms with E-state index in [0.717, 1.165) is 20.8 Å². The summed E-state index contributed by atoms with van der Waals surface area (Å²) < 4.78 is 0.998. The van der Waals surface area contributed by atoms with Crippen molar-refractivity contribution in [1.29, 1.82) is 0 Å². The van der Waals surface area contributed by atoms with E-state index in [9.17, 15) is 9.59 Å². The molecule has 0 aliphatic rings. The molecular formula is C18H18N4O2S. The lowest BCUT2D eigenvalue weighted by molar-refractivity contribution is -0.117. The third-order valence-corrected chi connectivity index (χ3v) is 4.61. The van der Waals surface area contributed by atoms with Crippen LogP contribution in [0, 0.1) is 6.92 Å². The van der Waals surface area contributed by atoms with Crippen molar-refractivity contribution in [1.82, 2.24) is 10.3 Å². The molecule has 4 N–H and O–H groups in total. The van der Waals surface area contributed by atoms with E-state index in [2.05, 4.69) is 15.6 Å². The molecule has 7 heteroatoms. The van der Waals surface area contributed by atoms with Gasteiger partial charge in [-0.2, -0.15) is 0 Å². The molecule has 0 unspecified atom stereocenters. The number of urea groups is 1. The van der Waals surface area contributed by atoms with Crippen LogP contribution in [0.2, 0.25) is 0 Å². The third-order valence-electron chi connectivity index (χ3n) is 3.68. The van der Waals surface area contributed by atoms with Gasteiger partial charge in [-0.05, 0) is 30.7 Å². The average Bonchev–Trinajstić information content (AvgIpc) is 2.94. The second kappa shape index (κ2) is 7.31. The average molecular weight is 354 g/mol. The van der Waals surface area contributed by atoms with Gasteiger partial charge in [-0.1, -0.05) is 30.3 Å². The number of primary amides is 1. The molecule has 25 heavy (non-hydrogen) atoms. The first-order valence-corrected chi connectivity index (χ1v) is 8.61. The van der Waals surface area contributed by atoms with Gasteiger partial charge in [0.2, 0.25) is 5.91 Å². The number of thiazole rings is 1. The Kier molecular flexibility index (Phi) is 4.95. The molecule has 3 aromatic rings. The van der Waals surface area contributed by atoms with Crippen molar-refractivity contribution in [2.75, 3.05) is 5.32 Å². The van der Waals surface area contributed by atoms with Crippen LogP contribution in [-0.2, 0) is 11.2 Å². The standard InChI is InChI=1S/C18H18N4O2S/c1-11-20-14-8-7-13(10-16(14)25-11)21-17(23)15(22-18(19)24)9-12-5-3-2-4-6-12/h2-8,10,15H,9H2,1H3,(H,21,23)(H3,19,22,24)/t15-/m0/s1. The van der Waals surface area contributed by atoms with Gasteiger partial charge >= 0.3 is 6.03 Å². The number of carbonyl (C=O) groups is 2. The Labute approximate surface area is 149 Å².